The number of carbonyl (C=O) groups excluding carboxylic acids is 1. The number of aliphatic hydroxyl groups excluding tert-OH is 2. The maximum atomic E-state index is 12.5. The monoisotopic (exact) mass is 304 g/mol. The molecule has 1 aliphatic rings. The van der Waals surface area contributed by atoms with E-state index in [4.69, 9.17) is 0 Å². The molecule has 1 aromatic carbocycles. The Bertz CT molecular complexity index is 481. The van der Waals surface area contributed by atoms with Gasteiger partial charge in [-0.3, -0.25) is 4.79 Å². The zero-order valence-electron chi connectivity index (χ0n) is 13.7. The number of aliphatic hydroxyl groups is 2. The summed E-state index contributed by atoms with van der Waals surface area (Å²) in [5.41, 5.74) is 1.11. The van der Waals surface area contributed by atoms with Crippen molar-refractivity contribution < 1.29 is 15.0 Å². The van der Waals surface area contributed by atoms with Gasteiger partial charge in [0, 0.05) is 6.42 Å². The van der Waals surface area contributed by atoms with Crippen molar-refractivity contribution >= 4 is 5.78 Å². The van der Waals surface area contributed by atoms with Gasteiger partial charge in [-0.1, -0.05) is 50.6 Å². The summed E-state index contributed by atoms with van der Waals surface area (Å²) in [7, 11) is 0. The minimum atomic E-state index is -0.767. The Hall–Kier alpha value is -1.19. The van der Waals surface area contributed by atoms with Crippen LogP contribution in [0.2, 0.25) is 0 Å². The first-order chi connectivity index (χ1) is 10.4. The fourth-order valence-corrected chi connectivity index (χ4v) is 3.47. The molecule has 0 saturated heterocycles. The van der Waals surface area contributed by atoms with E-state index in [1.165, 1.54) is 0 Å². The summed E-state index contributed by atoms with van der Waals surface area (Å²) in [5.74, 6) is -0.624. The van der Waals surface area contributed by atoms with Crippen molar-refractivity contribution in [2.75, 3.05) is 0 Å². The van der Waals surface area contributed by atoms with Gasteiger partial charge in [0.05, 0.1) is 18.1 Å². The minimum absolute atomic E-state index is 0.0118. The molecule has 0 spiro atoms. The van der Waals surface area contributed by atoms with Crippen LogP contribution >= 0.6 is 0 Å². The van der Waals surface area contributed by atoms with Gasteiger partial charge >= 0.3 is 0 Å². The van der Waals surface area contributed by atoms with Crippen LogP contribution in [0.5, 0.6) is 0 Å². The molecule has 0 unspecified atom stereocenters. The topological polar surface area (TPSA) is 57.5 Å². The van der Waals surface area contributed by atoms with Gasteiger partial charge in [-0.15, -0.1) is 0 Å². The van der Waals surface area contributed by atoms with Crippen LogP contribution < -0.4 is 0 Å². The Balaban J connectivity index is 2.01. The van der Waals surface area contributed by atoms with Crippen LogP contribution in [0.25, 0.3) is 0 Å². The fraction of sp³-hybridized carbons (Fsp3) is 0.632. The molecule has 0 heterocycles. The number of benzene rings is 1. The van der Waals surface area contributed by atoms with Crippen LogP contribution in [0, 0.1) is 11.3 Å². The van der Waals surface area contributed by atoms with Crippen LogP contribution in [-0.2, 0) is 11.2 Å². The van der Waals surface area contributed by atoms with Crippen molar-refractivity contribution in [3.8, 4) is 0 Å². The molecule has 1 fully saturated rings. The van der Waals surface area contributed by atoms with Crippen LogP contribution in [0.4, 0.5) is 0 Å². The molecule has 3 atom stereocenters. The lowest BCUT2D eigenvalue weighted by atomic mass is 9.73. The smallest absolute Gasteiger partial charge is 0.141 e. The summed E-state index contributed by atoms with van der Waals surface area (Å²) in [4.78, 5) is 12.5. The second-order valence-corrected chi connectivity index (χ2v) is 7.38. The average Bonchev–Trinajstić information content (AvgIpc) is 2.44. The quantitative estimate of drug-likeness (QED) is 0.898. The second kappa shape index (κ2) is 7.38. The number of rotatable bonds is 4. The minimum Gasteiger partial charge on any atom is -0.392 e. The molecule has 122 valence electrons. The van der Waals surface area contributed by atoms with E-state index >= 15 is 0 Å². The highest BCUT2D eigenvalue weighted by molar-refractivity contribution is 5.82. The zero-order valence-corrected chi connectivity index (χ0v) is 13.7. The van der Waals surface area contributed by atoms with Crippen molar-refractivity contribution in [1.82, 2.24) is 0 Å². The number of ketones is 1. The number of hydrogen-bond donors (Lipinski definition) is 2. The highest BCUT2D eigenvalue weighted by atomic mass is 16.3. The van der Waals surface area contributed by atoms with Crippen molar-refractivity contribution in [1.29, 1.82) is 0 Å². The third-order valence-electron chi connectivity index (χ3n) is 4.78. The number of carbonyl (C=O) groups is 1. The van der Waals surface area contributed by atoms with Gasteiger partial charge in [-0.05, 0) is 36.7 Å². The lowest BCUT2D eigenvalue weighted by Gasteiger charge is -2.34. The SMILES string of the molecule is CC1(C)CCC[C@H](O)[C@H]([C@@H](O)CCc2ccccc2)C(=O)C1. The van der Waals surface area contributed by atoms with Crippen molar-refractivity contribution in [2.45, 2.75) is 64.6 Å². The molecular weight excluding hydrogens is 276 g/mol. The van der Waals surface area contributed by atoms with Crippen LogP contribution in [0.15, 0.2) is 30.3 Å². The lowest BCUT2D eigenvalue weighted by molar-refractivity contribution is -0.135. The summed E-state index contributed by atoms with van der Waals surface area (Å²) in [5, 5.41) is 20.8. The summed E-state index contributed by atoms with van der Waals surface area (Å²) in [6.45, 7) is 4.19. The number of hydrogen-bond acceptors (Lipinski definition) is 3. The third kappa shape index (κ3) is 4.65. The van der Waals surface area contributed by atoms with Crippen LogP contribution in [-0.4, -0.2) is 28.2 Å². The van der Waals surface area contributed by atoms with Gasteiger partial charge in [-0.25, -0.2) is 0 Å². The first kappa shape index (κ1) is 17.2. The van der Waals surface area contributed by atoms with Gasteiger partial charge in [0.25, 0.3) is 0 Å². The summed E-state index contributed by atoms with van der Waals surface area (Å²) >= 11 is 0. The summed E-state index contributed by atoms with van der Waals surface area (Å²) in [6, 6.07) is 9.95. The van der Waals surface area contributed by atoms with E-state index < -0.39 is 18.1 Å². The molecule has 3 nitrogen and oxygen atoms in total. The standard InChI is InChI=1S/C19H28O3/c1-19(2)12-6-9-15(20)18(17(22)13-19)16(21)11-10-14-7-4-3-5-8-14/h3-5,7-8,15-16,18,20-21H,6,9-13H2,1-2H3/t15-,16-,18+/m0/s1. The maximum Gasteiger partial charge on any atom is 0.141 e. The van der Waals surface area contributed by atoms with Gasteiger partial charge in [0.15, 0.2) is 0 Å². The van der Waals surface area contributed by atoms with E-state index in [1.807, 2.05) is 30.3 Å². The Labute approximate surface area is 133 Å². The predicted molar refractivity (Wildman–Crippen MR) is 87.5 cm³/mol. The molecule has 0 bridgehead atoms. The van der Waals surface area contributed by atoms with Crippen molar-refractivity contribution in [3.05, 3.63) is 35.9 Å². The average molecular weight is 304 g/mol. The zero-order chi connectivity index (χ0) is 16.2. The third-order valence-corrected chi connectivity index (χ3v) is 4.78. The van der Waals surface area contributed by atoms with E-state index in [0.717, 1.165) is 24.8 Å². The molecule has 1 aromatic rings. The molecule has 0 aromatic heterocycles. The van der Waals surface area contributed by atoms with Gasteiger partial charge < -0.3 is 10.2 Å². The predicted octanol–water partition coefficient (Wildman–Crippen LogP) is 3.13. The molecule has 2 rings (SSSR count). The molecular formula is C19H28O3. The van der Waals surface area contributed by atoms with Crippen LogP contribution in [0.1, 0.15) is 51.5 Å². The Morgan fingerprint density at radius 1 is 1.27 bits per heavy atom. The van der Waals surface area contributed by atoms with E-state index in [1.54, 1.807) is 0 Å². The van der Waals surface area contributed by atoms with Crippen LogP contribution in [0.3, 0.4) is 0 Å². The first-order valence-electron chi connectivity index (χ1n) is 8.32. The molecule has 22 heavy (non-hydrogen) atoms. The fourth-order valence-electron chi connectivity index (χ4n) is 3.47. The van der Waals surface area contributed by atoms with E-state index in [9.17, 15) is 15.0 Å². The Morgan fingerprint density at radius 2 is 1.95 bits per heavy atom. The van der Waals surface area contributed by atoms with Gasteiger partial charge in [-0.2, -0.15) is 0 Å². The largest absolute Gasteiger partial charge is 0.392 e. The van der Waals surface area contributed by atoms with Gasteiger partial charge in [0.2, 0.25) is 0 Å². The maximum absolute atomic E-state index is 12.5. The highest BCUT2D eigenvalue weighted by Gasteiger charge is 2.37. The molecule has 0 aliphatic heterocycles. The lowest BCUT2D eigenvalue weighted by Crippen LogP contribution is -2.41. The first-order valence-corrected chi connectivity index (χ1v) is 8.32. The van der Waals surface area contributed by atoms with E-state index in [2.05, 4.69) is 13.8 Å². The van der Waals surface area contributed by atoms with Crippen molar-refractivity contribution in [3.63, 3.8) is 0 Å². The Kier molecular flexibility index (Phi) is 5.76. The molecule has 1 saturated carbocycles. The molecule has 0 amide bonds. The molecule has 0 radical (unpaired) electrons. The highest BCUT2D eigenvalue weighted by Crippen LogP contribution is 2.35. The normalized spacial score (nSPS) is 27.0. The summed E-state index contributed by atoms with van der Waals surface area (Å²) in [6.07, 6.45) is 2.65. The number of Topliss-reactive ketones (excluding diaryl/α,β-unsaturated/α-hetero) is 1. The molecule has 2 N–H and O–H groups in total. The summed E-state index contributed by atoms with van der Waals surface area (Å²) < 4.78 is 0. The molecule has 3 heteroatoms. The van der Waals surface area contributed by atoms with Gasteiger partial charge in [0.1, 0.15) is 5.78 Å². The number of aryl methyl sites for hydroxylation is 1. The second-order valence-electron chi connectivity index (χ2n) is 7.38. The molecule has 1 aliphatic carbocycles. The van der Waals surface area contributed by atoms with E-state index in [0.29, 0.717) is 19.3 Å². The Morgan fingerprint density at radius 3 is 2.64 bits per heavy atom. The van der Waals surface area contributed by atoms with E-state index in [-0.39, 0.29) is 11.2 Å². The van der Waals surface area contributed by atoms with Crippen molar-refractivity contribution in [2.24, 2.45) is 11.3 Å².